The molecule has 0 spiro atoms. The molecule has 1 aliphatic rings. The van der Waals surface area contributed by atoms with Crippen LogP contribution in [0.2, 0.25) is 0 Å². The molecule has 1 heterocycles. The van der Waals surface area contributed by atoms with E-state index >= 15 is 0 Å². The van der Waals surface area contributed by atoms with Crippen molar-refractivity contribution in [3.8, 4) is 9.85 Å². The summed E-state index contributed by atoms with van der Waals surface area (Å²) in [5.74, 6) is 1.60. The molecule has 142 valence electrons. The smallest absolute Gasteiger partial charge is 0.458 e. The quantitative estimate of drug-likeness (QED) is 0.209. The van der Waals surface area contributed by atoms with E-state index in [9.17, 15) is 14.5 Å². The van der Waals surface area contributed by atoms with E-state index in [4.69, 9.17) is 19.0 Å². The van der Waals surface area contributed by atoms with Gasteiger partial charge in [-0.3, -0.25) is 4.52 Å². The van der Waals surface area contributed by atoms with E-state index in [2.05, 4.69) is 9.85 Å². The van der Waals surface area contributed by atoms with Gasteiger partial charge in [0, 0.05) is 40.5 Å². The maximum Gasteiger partial charge on any atom is 0.469 e. The number of aliphatic hydroxyl groups excluding tert-OH is 1. The van der Waals surface area contributed by atoms with Crippen LogP contribution in [0.5, 0.6) is 0 Å². The number of ether oxygens (including phenoxy) is 1. The van der Waals surface area contributed by atoms with Crippen molar-refractivity contribution in [2.75, 3.05) is 0 Å². The molecule has 0 saturated carbocycles. The van der Waals surface area contributed by atoms with Crippen molar-refractivity contribution in [2.24, 2.45) is 17.8 Å². The van der Waals surface area contributed by atoms with Gasteiger partial charge in [0.1, 0.15) is 12.2 Å². The minimum Gasteiger partial charge on any atom is -0.458 e. The van der Waals surface area contributed by atoms with Gasteiger partial charge in [-0.15, -0.1) is 0 Å². The van der Waals surface area contributed by atoms with E-state index in [1.54, 1.807) is 35.6 Å². The first-order chi connectivity index (χ1) is 11.5. The third-order valence-corrected chi connectivity index (χ3v) is 5.19. The molecule has 0 aromatic rings. The van der Waals surface area contributed by atoms with Crippen LogP contribution in [0.1, 0.15) is 33.6 Å². The Bertz CT molecular complexity index is 591. The highest BCUT2D eigenvalue weighted by Gasteiger charge is 2.33. The Morgan fingerprint density at radius 1 is 1.40 bits per heavy atom. The number of phosphoric acid groups is 1. The fraction of sp³-hybridized carbons (Fsp3) is 0.688. The Labute approximate surface area is 161 Å². The molecule has 0 amide bonds. The number of phosphoric ester groups is 1. The summed E-state index contributed by atoms with van der Waals surface area (Å²) >= 11 is 1.78. The molecule has 6 atom stereocenters. The second-order valence-electron chi connectivity index (χ2n) is 6.35. The Hall–Kier alpha value is -0.430. The molecule has 3 N–H and O–H groups in total. The molecule has 0 bridgehead atoms. The molecule has 0 unspecified atom stereocenters. The van der Waals surface area contributed by atoms with Crippen LogP contribution in [0, 0.1) is 27.6 Å². The lowest BCUT2D eigenvalue weighted by Gasteiger charge is -2.32. The predicted octanol–water partition coefficient (Wildman–Crippen LogP) is 2.39. The minimum atomic E-state index is -4.71. The van der Waals surface area contributed by atoms with Crippen LogP contribution in [0.3, 0.4) is 0 Å². The summed E-state index contributed by atoms with van der Waals surface area (Å²) in [4.78, 5) is 29.7. The van der Waals surface area contributed by atoms with Crippen LogP contribution < -0.4 is 0 Å². The van der Waals surface area contributed by atoms with Crippen LogP contribution in [-0.4, -0.2) is 39.2 Å². The maximum atomic E-state index is 11.4. The van der Waals surface area contributed by atoms with Gasteiger partial charge in [-0.05, 0) is 22.7 Å². The summed E-state index contributed by atoms with van der Waals surface area (Å²) in [5.41, 5.74) is 0. The van der Waals surface area contributed by atoms with Crippen LogP contribution in [-0.2, 0) is 18.6 Å². The molecule has 0 fully saturated rings. The van der Waals surface area contributed by atoms with Crippen molar-refractivity contribution in [1.29, 1.82) is 0 Å². The van der Waals surface area contributed by atoms with Crippen LogP contribution in [0.25, 0.3) is 0 Å². The van der Waals surface area contributed by atoms with E-state index in [1.165, 1.54) is 6.08 Å². The Morgan fingerprint density at radius 2 is 2.04 bits per heavy atom. The highest BCUT2D eigenvalue weighted by molar-refractivity contribution is 14.1. The monoisotopic (exact) mass is 486 g/mol. The molecule has 1 aliphatic heterocycles. The van der Waals surface area contributed by atoms with Gasteiger partial charge < -0.3 is 19.6 Å². The molecule has 9 heteroatoms. The summed E-state index contributed by atoms with van der Waals surface area (Å²) in [5, 5.41) is 9.99. The lowest BCUT2D eigenvalue weighted by Crippen LogP contribution is -2.35. The van der Waals surface area contributed by atoms with Gasteiger partial charge >= 0.3 is 13.8 Å². The van der Waals surface area contributed by atoms with Gasteiger partial charge in [-0.25, -0.2) is 9.36 Å². The molecule has 0 aromatic heterocycles. The zero-order chi connectivity index (χ0) is 19.2. The number of carbonyl (C=O) groups excluding carboxylic acids is 1. The molecule has 0 saturated heterocycles. The number of esters is 1. The van der Waals surface area contributed by atoms with E-state index < -0.39 is 25.9 Å². The molecule has 0 aromatic carbocycles. The van der Waals surface area contributed by atoms with Gasteiger partial charge in [0.2, 0.25) is 0 Å². The fourth-order valence-corrected chi connectivity index (χ4v) is 3.79. The summed E-state index contributed by atoms with van der Waals surface area (Å²) in [6, 6.07) is 0. The van der Waals surface area contributed by atoms with Crippen molar-refractivity contribution in [2.45, 2.75) is 51.9 Å². The van der Waals surface area contributed by atoms with Crippen LogP contribution in [0.15, 0.2) is 12.2 Å². The lowest BCUT2D eigenvalue weighted by molar-refractivity contribution is -0.149. The van der Waals surface area contributed by atoms with Gasteiger partial charge in [-0.2, -0.15) is 0 Å². The van der Waals surface area contributed by atoms with Crippen molar-refractivity contribution < 1.29 is 33.5 Å². The average molecular weight is 486 g/mol. The van der Waals surface area contributed by atoms with E-state index in [1.807, 2.05) is 13.8 Å². The molecule has 25 heavy (non-hydrogen) atoms. The Balaban J connectivity index is 2.76. The second-order valence-corrected chi connectivity index (χ2v) is 8.08. The van der Waals surface area contributed by atoms with E-state index in [0.29, 0.717) is 6.42 Å². The first kappa shape index (κ1) is 22.6. The molecule has 0 aliphatic carbocycles. The number of rotatable bonds is 8. The van der Waals surface area contributed by atoms with Gasteiger partial charge in [-0.1, -0.05) is 32.8 Å². The number of halogens is 1. The maximum absolute atomic E-state index is 11.4. The van der Waals surface area contributed by atoms with Crippen LogP contribution in [0.4, 0.5) is 0 Å². The topological polar surface area (TPSA) is 113 Å². The molecule has 0 radical (unpaired) electrons. The van der Waals surface area contributed by atoms with Gasteiger partial charge in [0.05, 0.1) is 6.10 Å². The number of carbonyl (C=O) groups is 1. The largest absolute Gasteiger partial charge is 0.469 e. The van der Waals surface area contributed by atoms with Gasteiger partial charge in [0.15, 0.2) is 0 Å². The van der Waals surface area contributed by atoms with E-state index in [0.717, 1.165) is 0 Å². The second kappa shape index (κ2) is 10.0. The first-order valence-electron chi connectivity index (χ1n) is 7.97. The summed E-state index contributed by atoms with van der Waals surface area (Å²) < 4.78 is 24.0. The number of aliphatic hydroxyl groups is 1. The predicted molar refractivity (Wildman–Crippen MR) is 100 cm³/mol. The highest BCUT2D eigenvalue weighted by Crippen LogP contribution is 2.41. The van der Waals surface area contributed by atoms with Crippen molar-refractivity contribution in [3.63, 3.8) is 0 Å². The minimum absolute atomic E-state index is 0.0354. The van der Waals surface area contributed by atoms with Crippen LogP contribution >= 0.6 is 30.4 Å². The fourth-order valence-electron chi connectivity index (χ4n) is 2.83. The summed E-state index contributed by atoms with van der Waals surface area (Å²) in [6.07, 6.45) is 1.75. The molecule has 1 rings (SSSR count). The lowest BCUT2D eigenvalue weighted by atomic mass is 9.85. The zero-order valence-corrected chi connectivity index (χ0v) is 17.4. The molecular formula is C16H24IO7P. The Kier molecular flexibility index (Phi) is 9.09. The summed E-state index contributed by atoms with van der Waals surface area (Å²) in [6.45, 7) is 5.48. The Morgan fingerprint density at radius 3 is 2.60 bits per heavy atom. The normalized spacial score (nSPS) is 25.3. The first-order valence-corrected chi connectivity index (χ1v) is 10.6. The third kappa shape index (κ3) is 7.77. The molecular weight excluding hydrogens is 462 g/mol. The van der Waals surface area contributed by atoms with Gasteiger partial charge in [0.25, 0.3) is 0 Å². The number of hydrogen-bond donors (Lipinski definition) is 3. The van der Waals surface area contributed by atoms with E-state index in [-0.39, 0.29) is 30.3 Å². The standard InChI is InChI=1S/C16H24IO7P/c1-10(16-11(2)5-7-15(19)23-16)4-6-14(24-25(20,21)22)12(3)13(18)8-9-17/h5,7,10-14,16,18H,4,6H2,1-3H3,(H2,20,21,22)/t10-,11-,12-,13-,14-,16-/m0/s1. The number of hydrogen-bond acceptors (Lipinski definition) is 5. The molecule has 7 nitrogen and oxygen atoms in total. The third-order valence-electron chi connectivity index (χ3n) is 4.33. The highest BCUT2D eigenvalue weighted by atomic mass is 127. The van der Waals surface area contributed by atoms with Crippen molar-refractivity contribution in [3.05, 3.63) is 12.2 Å². The average Bonchev–Trinajstić information content (AvgIpc) is 2.51. The number of cyclic esters (lactones) is 1. The zero-order valence-electron chi connectivity index (χ0n) is 14.3. The van der Waals surface area contributed by atoms with Crippen molar-refractivity contribution in [1.82, 2.24) is 0 Å². The van der Waals surface area contributed by atoms with Crippen molar-refractivity contribution >= 4 is 36.4 Å². The summed E-state index contributed by atoms with van der Waals surface area (Å²) in [7, 11) is -4.71. The SMILES string of the molecule is C[C@H]([C@H](CC[C@H](C)[C@@H]1OC(=O)C=C[C@@H]1C)OP(=O)(O)O)[C@@H](O)C#CI.